The highest BCUT2D eigenvalue weighted by atomic mass is 19.1. The van der Waals surface area contributed by atoms with Crippen molar-refractivity contribution < 1.29 is 9.13 Å². The standard InChI is InChI=1S/C15H22FNO/c1-2-17-11-12-10-13(16)8-9-15(12)18-14-6-4-3-5-7-14/h8-10,14,17H,2-7,11H2,1H3. The number of ether oxygens (including phenoxy) is 1. The molecule has 1 saturated carbocycles. The number of hydrogen-bond donors (Lipinski definition) is 1. The number of hydrogen-bond acceptors (Lipinski definition) is 2. The lowest BCUT2D eigenvalue weighted by Gasteiger charge is -2.24. The van der Waals surface area contributed by atoms with E-state index in [9.17, 15) is 4.39 Å². The third kappa shape index (κ3) is 3.70. The van der Waals surface area contributed by atoms with Crippen molar-refractivity contribution in [2.75, 3.05) is 6.54 Å². The third-order valence-corrected chi connectivity index (χ3v) is 3.43. The molecule has 0 saturated heterocycles. The zero-order valence-corrected chi connectivity index (χ0v) is 11.0. The summed E-state index contributed by atoms with van der Waals surface area (Å²) >= 11 is 0. The molecule has 1 aliphatic rings. The van der Waals surface area contributed by atoms with Gasteiger partial charge in [-0.05, 0) is 50.4 Å². The molecule has 18 heavy (non-hydrogen) atoms. The van der Waals surface area contributed by atoms with Gasteiger partial charge in [-0.25, -0.2) is 4.39 Å². The quantitative estimate of drug-likeness (QED) is 0.862. The number of benzene rings is 1. The monoisotopic (exact) mass is 251 g/mol. The molecule has 3 heteroatoms. The zero-order chi connectivity index (χ0) is 12.8. The van der Waals surface area contributed by atoms with Crippen molar-refractivity contribution in [3.8, 4) is 5.75 Å². The van der Waals surface area contributed by atoms with Gasteiger partial charge in [0.1, 0.15) is 11.6 Å². The fraction of sp³-hybridized carbons (Fsp3) is 0.600. The van der Waals surface area contributed by atoms with Gasteiger partial charge in [-0.1, -0.05) is 13.3 Å². The predicted molar refractivity (Wildman–Crippen MR) is 71.3 cm³/mol. The molecule has 2 nitrogen and oxygen atoms in total. The van der Waals surface area contributed by atoms with Gasteiger partial charge in [-0.3, -0.25) is 0 Å². The van der Waals surface area contributed by atoms with E-state index in [2.05, 4.69) is 5.32 Å². The molecule has 0 unspecified atom stereocenters. The number of rotatable bonds is 5. The molecule has 0 bridgehead atoms. The molecular formula is C15H22FNO. The summed E-state index contributed by atoms with van der Waals surface area (Å²) in [5.74, 6) is 0.642. The Kier molecular flexibility index (Phi) is 5.00. The highest BCUT2D eigenvalue weighted by molar-refractivity contribution is 5.34. The van der Waals surface area contributed by atoms with Crippen LogP contribution in [0, 0.1) is 5.82 Å². The SMILES string of the molecule is CCNCc1cc(F)ccc1OC1CCCCC1. The van der Waals surface area contributed by atoms with Gasteiger partial charge < -0.3 is 10.1 Å². The summed E-state index contributed by atoms with van der Waals surface area (Å²) in [6.45, 7) is 3.58. The maximum atomic E-state index is 13.3. The van der Waals surface area contributed by atoms with E-state index in [1.807, 2.05) is 6.92 Å². The largest absolute Gasteiger partial charge is 0.490 e. The average Bonchev–Trinajstić information content (AvgIpc) is 2.40. The maximum absolute atomic E-state index is 13.3. The molecule has 1 aliphatic carbocycles. The van der Waals surface area contributed by atoms with Crippen LogP contribution in [0.2, 0.25) is 0 Å². The van der Waals surface area contributed by atoms with E-state index in [1.54, 1.807) is 12.1 Å². The molecule has 100 valence electrons. The van der Waals surface area contributed by atoms with E-state index in [4.69, 9.17) is 4.74 Å². The Morgan fingerprint density at radius 1 is 1.28 bits per heavy atom. The Hall–Kier alpha value is -1.09. The zero-order valence-electron chi connectivity index (χ0n) is 11.0. The van der Waals surface area contributed by atoms with Gasteiger partial charge in [-0.2, -0.15) is 0 Å². The van der Waals surface area contributed by atoms with Crippen LogP contribution in [-0.4, -0.2) is 12.6 Å². The van der Waals surface area contributed by atoms with Gasteiger partial charge in [0.05, 0.1) is 6.10 Å². The first-order valence-corrected chi connectivity index (χ1v) is 6.95. The Bertz CT molecular complexity index is 375. The minimum absolute atomic E-state index is 0.195. The summed E-state index contributed by atoms with van der Waals surface area (Å²) in [7, 11) is 0. The van der Waals surface area contributed by atoms with Crippen molar-refractivity contribution in [3.63, 3.8) is 0 Å². The normalized spacial score (nSPS) is 16.8. The van der Waals surface area contributed by atoms with Crippen molar-refractivity contribution in [1.82, 2.24) is 5.32 Å². The van der Waals surface area contributed by atoms with Crippen LogP contribution in [0.5, 0.6) is 5.75 Å². The minimum Gasteiger partial charge on any atom is -0.490 e. The van der Waals surface area contributed by atoms with Crippen molar-refractivity contribution in [1.29, 1.82) is 0 Å². The molecule has 0 spiro atoms. The van der Waals surface area contributed by atoms with E-state index < -0.39 is 0 Å². The molecule has 0 radical (unpaired) electrons. The van der Waals surface area contributed by atoms with E-state index in [-0.39, 0.29) is 5.82 Å². The van der Waals surface area contributed by atoms with Gasteiger partial charge in [0.15, 0.2) is 0 Å². The van der Waals surface area contributed by atoms with E-state index >= 15 is 0 Å². The van der Waals surface area contributed by atoms with Crippen LogP contribution in [0.4, 0.5) is 4.39 Å². The van der Waals surface area contributed by atoms with Gasteiger partial charge in [0.25, 0.3) is 0 Å². The number of nitrogens with one attached hydrogen (secondary N) is 1. The first-order chi connectivity index (χ1) is 8.79. The maximum Gasteiger partial charge on any atom is 0.124 e. The first kappa shape index (κ1) is 13.3. The lowest BCUT2D eigenvalue weighted by molar-refractivity contribution is 0.153. The van der Waals surface area contributed by atoms with Crippen molar-refractivity contribution in [2.24, 2.45) is 0 Å². The Labute approximate surface area is 109 Å². The fourth-order valence-corrected chi connectivity index (χ4v) is 2.42. The molecule has 0 aromatic heterocycles. The molecule has 0 amide bonds. The van der Waals surface area contributed by atoms with Gasteiger partial charge >= 0.3 is 0 Å². The Morgan fingerprint density at radius 2 is 2.06 bits per heavy atom. The van der Waals surface area contributed by atoms with Crippen LogP contribution in [0.1, 0.15) is 44.6 Å². The lowest BCUT2D eigenvalue weighted by Crippen LogP contribution is -2.21. The summed E-state index contributed by atoms with van der Waals surface area (Å²) < 4.78 is 19.3. The molecule has 0 heterocycles. The highest BCUT2D eigenvalue weighted by Gasteiger charge is 2.16. The molecule has 2 rings (SSSR count). The third-order valence-electron chi connectivity index (χ3n) is 3.43. The van der Waals surface area contributed by atoms with Crippen molar-refractivity contribution in [2.45, 2.75) is 51.7 Å². The molecule has 1 aromatic rings. The lowest BCUT2D eigenvalue weighted by atomic mass is 9.97. The van der Waals surface area contributed by atoms with Crippen LogP contribution < -0.4 is 10.1 Å². The second-order valence-corrected chi connectivity index (χ2v) is 4.91. The molecular weight excluding hydrogens is 229 g/mol. The van der Waals surface area contributed by atoms with Gasteiger partial charge in [0, 0.05) is 12.1 Å². The van der Waals surface area contributed by atoms with Crippen LogP contribution in [0.25, 0.3) is 0 Å². The smallest absolute Gasteiger partial charge is 0.124 e. The summed E-state index contributed by atoms with van der Waals surface area (Å²) in [5.41, 5.74) is 0.919. The van der Waals surface area contributed by atoms with Gasteiger partial charge in [0.2, 0.25) is 0 Å². The average molecular weight is 251 g/mol. The second-order valence-electron chi connectivity index (χ2n) is 4.91. The Morgan fingerprint density at radius 3 is 2.78 bits per heavy atom. The van der Waals surface area contributed by atoms with E-state index in [0.717, 1.165) is 30.7 Å². The van der Waals surface area contributed by atoms with Crippen molar-refractivity contribution in [3.05, 3.63) is 29.6 Å². The van der Waals surface area contributed by atoms with Crippen molar-refractivity contribution >= 4 is 0 Å². The molecule has 1 fully saturated rings. The van der Waals surface area contributed by atoms with E-state index in [1.165, 1.54) is 25.3 Å². The van der Waals surface area contributed by atoms with Crippen LogP contribution >= 0.6 is 0 Å². The van der Waals surface area contributed by atoms with E-state index in [0.29, 0.717) is 12.6 Å². The van der Waals surface area contributed by atoms with Crippen LogP contribution in [0.3, 0.4) is 0 Å². The topological polar surface area (TPSA) is 21.3 Å². The highest BCUT2D eigenvalue weighted by Crippen LogP contribution is 2.26. The molecule has 0 atom stereocenters. The Balaban J connectivity index is 2.04. The fourth-order valence-electron chi connectivity index (χ4n) is 2.42. The summed E-state index contributed by atoms with van der Waals surface area (Å²) in [4.78, 5) is 0. The molecule has 1 N–H and O–H groups in total. The van der Waals surface area contributed by atoms with Crippen LogP contribution in [0.15, 0.2) is 18.2 Å². The predicted octanol–water partition coefficient (Wildman–Crippen LogP) is 3.65. The molecule has 1 aromatic carbocycles. The molecule has 0 aliphatic heterocycles. The minimum atomic E-state index is -0.195. The summed E-state index contributed by atoms with van der Waals surface area (Å²) in [6.07, 6.45) is 6.36. The summed E-state index contributed by atoms with van der Waals surface area (Å²) in [5, 5.41) is 3.22. The van der Waals surface area contributed by atoms with Crippen LogP contribution in [-0.2, 0) is 6.54 Å². The second kappa shape index (κ2) is 6.74. The first-order valence-electron chi connectivity index (χ1n) is 6.95. The summed E-state index contributed by atoms with van der Waals surface area (Å²) in [6, 6.07) is 4.81. The van der Waals surface area contributed by atoms with Gasteiger partial charge in [-0.15, -0.1) is 0 Å². The number of halogens is 1.